The first kappa shape index (κ1) is 6.28. The summed E-state index contributed by atoms with van der Waals surface area (Å²) in [6.07, 6.45) is 1.45. The van der Waals surface area contributed by atoms with Crippen LogP contribution < -0.4 is 11.5 Å². The Morgan fingerprint density at radius 3 is 2.56 bits per heavy atom. The summed E-state index contributed by atoms with van der Waals surface area (Å²) in [7, 11) is 0. The minimum Gasteiger partial charge on any atom is -0.394 e. The molecule has 0 saturated carbocycles. The maximum absolute atomic E-state index is 5.32. The van der Waals surface area contributed by atoms with Crippen molar-refractivity contribution in [3.05, 3.63) is 10.9 Å². The van der Waals surface area contributed by atoms with Crippen LogP contribution in [0.1, 0.15) is 0 Å². The number of halogens is 1. The lowest BCUT2D eigenvalue weighted by atomic mass is 10.5. The average molecular weight is 189 g/mol. The van der Waals surface area contributed by atoms with E-state index < -0.39 is 0 Å². The van der Waals surface area contributed by atoms with Crippen LogP contribution >= 0.6 is 15.9 Å². The monoisotopic (exact) mass is 188 g/mol. The van der Waals surface area contributed by atoms with Gasteiger partial charge in [-0.3, -0.25) is 0 Å². The Labute approximate surface area is 60.4 Å². The summed E-state index contributed by atoms with van der Waals surface area (Å²) in [5.74, 6) is 0.303. The van der Waals surface area contributed by atoms with Crippen molar-refractivity contribution < 1.29 is 0 Å². The zero-order valence-corrected chi connectivity index (χ0v) is 6.09. The fraction of sp³-hybridized carbons (Fsp3) is 0. The number of nitrogens with two attached hydrogens (primary N) is 2. The summed E-state index contributed by atoms with van der Waals surface area (Å²) in [6, 6.07) is 0. The molecule has 9 heavy (non-hydrogen) atoms. The number of hydrogen-bond acceptors (Lipinski definition) is 4. The molecule has 0 atom stereocenters. The molecule has 0 aliphatic carbocycles. The Bertz CT molecular complexity index is 224. The zero-order chi connectivity index (χ0) is 6.85. The third-order valence-corrected chi connectivity index (χ3v) is 1.20. The number of hydrogen-bond donors (Lipinski definition) is 2. The molecule has 0 fully saturated rings. The molecular formula is C4H5BrN4. The van der Waals surface area contributed by atoms with Gasteiger partial charge in [0.15, 0.2) is 10.6 Å². The highest BCUT2D eigenvalue weighted by Crippen LogP contribution is 2.11. The van der Waals surface area contributed by atoms with E-state index >= 15 is 0 Å². The van der Waals surface area contributed by atoms with Crippen molar-refractivity contribution in [3.63, 3.8) is 0 Å². The van der Waals surface area contributed by atoms with E-state index in [1.165, 1.54) is 6.20 Å². The van der Waals surface area contributed by atoms with Crippen molar-refractivity contribution in [1.29, 1.82) is 0 Å². The van der Waals surface area contributed by atoms with Crippen LogP contribution in [0.15, 0.2) is 10.9 Å². The van der Waals surface area contributed by atoms with Crippen molar-refractivity contribution in [2.45, 2.75) is 0 Å². The van der Waals surface area contributed by atoms with Crippen molar-refractivity contribution in [1.82, 2.24) is 9.97 Å². The van der Waals surface area contributed by atoms with Gasteiger partial charge in [-0.2, -0.15) is 0 Å². The summed E-state index contributed by atoms with van der Waals surface area (Å²) in [4.78, 5) is 7.47. The molecule has 0 aliphatic heterocycles. The van der Waals surface area contributed by atoms with Crippen LogP contribution in [0.25, 0.3) is 0 Å². The predicted octanol–water partition coefficient (Wildman–Crippen LogP) is 0.404. The lowest BCUT2D eigenvalue weighted by Crippen LogP contribution is -1.98. The Morgan fingerprint density at radius 2 is 2.11 bits per heavy atom. The van der Waals surface area contributed by atoms with E-state index in [0.717, 1.165) is 0 Å². The number of rotatable bonds is 0. The van der Waals surface area contributed by atoms with Gasteiger partial charge in [0, 0.05) is 0 Å². The summed E-state index contributed by atoms with van der Waals surface area (Å²) in [6.45, 7) is 0. The second kappa shape index (κ2) is 2.18. The van der Waals surface area contributed by atoms with Crippen LogP contribution in [0, 0.1) is 0 Å². The highest BCUT2D eigenvalue weighted by Gasteiger charge is 1.94. The molecule has 0 spiro atoms. The highest BCUT2D eigenvalue weighted by atomic mass is 79.9. The maximum Gasteiger partial charge on any atom is 0.198 e. The average Bonchev–Trinajstić information content (AvgIpc) is 1.80. The van der Waals surface area contributed by atoms with Crippen molar-refractivity contribution in [2.24, 2.45) is 0 Å². The number of nitrogens with zero attached hydrogens (tertiary/aromatic N) is 2. The first-order valence-corrected chi connectivity index (χ1v) is 3.03. The van der Waals surface area contributed by atoms with Crippen LogP contribution in [0.5, 0.6) is 0 Å². The van der Waals surface area contributed by atoms with Gasteiger partial charge in [0.2, 0.25) is 0 Å². The smallest absolute Gasteiger partial charge is 0.198 e. The zero-order valence-electron chi connectivity index (χ0n) is 4.50. The van der Waals surface area contributed by atoms with E-state index in [9.17, 15) is 0 Å². The molecule has 0 radical (unpaired) electrons. The molecule has 4 nitrogen and oxygen atoms in total. The van der Waals surface area contributed by atoms with Gasteiger partial charge >= 0.3 is 0 Å². The number of anilines is 2. The molecule has 0 aromatic carbocycles. The van der Waals surface area contributed by atoms with Crippen LogP contribution in [-0.2, 0) is 0 Å². The lowest BCUT2D eigenvalue weighted by molar-refractivity contribution is 1.12. The first-order valence-electron chi connectivity index (χ1n) is 2.23. The van der Waals surface area contributed by atoms with Gasteiger partial charge in [0.25, 0.3) is 0 Å². The minimum absolute atomic E-state index is 0.303. The predicted molar refractivity (Wildman–Crippen MR) is 38.6 cm³/mol. The summed E-state index contributed by atoms with van der Waals surface area (Å²) in [5.41, 5.74) is 11.0. The van der Waals surface area contributed by atoms with Crippen LogP contribution in [0.4, 0.5) is 11.5 Å². The Morgan fingerprint density at radius 1 is 1.44 bits per heavy atom. The molecule has 0 unspecified atom stereocenters. The normalized spacial score (nSPS) is 9.44. The van der Waals surface area contributed by atoms with Gasteiger partial charge < -0.3 is 11.5 Å². The summed E-state index contributed by atoms with van der Waals surface area (Å²) >= 11 is 3.04. The lowest BCUT2D eigenvalue weighted by Gasteiger charge is -1.95. The van der Waals surface area contributed by atoms with E-state index in [2.05, 4.69) is 25.9 Å². The van der Waals surface area contributed by atoms with Crippen LogP contribution in [0.2, 0.25) is 0 Å². The quantitative estimate of drug-likeness (QED) is 0.579. The van der Waals surface area contributed by atoms with E-state index in [1.54, 1.807) is 0 Å². The van der Waals surface area contributed by atoms with Crippen LogP contribution in [0.3, 0.4) is 0 Å². The third-order valence-electron chi connectivity index (χ3n) is 0.819. The van der Waals surface area contributed by atoms with Gasteiger partial charge in [0.1, 0.15) is 0 Å². The second-order valence-corrected chi connectivity index (χ2v) is 2.19. The Kier molecular flexibility index (Phi) is 1.52. The van der Waals surface area contributed by atoms with E-state index in [4.69, 9.17) is 11.5 Å². The topological polar surface area (TPSA) is 77.8 Å². The molecule has 0 bridgehead atoms. The fourth-order valence-corrected chi connectivity index (χ4v) is 0.675. The summed E-state index contributed by atoms with van der Waals surface area (Å²) < 4.78 is 0.453. The molecule has 4 N–H and O–H groups in total. The van der Waals surface area contributed by atoms with Gasteiger partial charge in [-0.1, -0.05) is 0 Å². The third kappa shape index (κ3) is 1.29. The van der Waals surface area contributed by atoms with Crippen molar-refractivity contribution in [3.8, 4) is 0 Å². The van der Waals surface area contributed by atoms with E-state index in [-0.39, 0.29) is 0 Å². The molecule has 1 aromatic rings. The number of aromatic nitrogens is 2. The molecule has 0 amide bonds. The first-order chi connectivity index (χ1) is 4.20. The second-order valence-electron chi connectivity index (χ2n) is 1.48. The van der Waals surface area contributed by atoms with Crippen molar-refractivity contribution in [2.75, 3.05) is 11.5 Å². The van der Waals surface area contributed by atoms with Gasteiger partial charge in [-0.05, 0) is 15.9 Å². The molecule has 5 heteroatoms. The Balaban J connectivity index is 3.17. The van der Waals surface area contributed by atoms with E-state index in [0.29, 0.717) is 16.2 Å². The number of nitrogen functional groups attached to an aromatic ring is 2. The standard InChI is InChI=1S/C4H5BrN4/c5-4-8-1-2(6)3(7)9-4/h1H,6H2,(H2,7,8,9). The van der Waals surface area contributed by atoms with Crippen molar-refractivity contribution >= 4 is 27.4 Å². The fourth-order valence-electron chi connectivity index (χ4n) is 0.382. The highest BCUT2D eigenvalue weighted by molar-refractivity contribution is 9.10. The van der Waals surface area contributed by atoms with Gasteiger partial charge in [-0.15, -0.1) is 0 Å². The molecule has 0 aliphatic rings. The molecule has 48 valence electrons. The molecule has 1 rings (SSSR count). The molecule has 1 heterocycles. The minimum atomic E-state index is 0.303. The largest absolute Gasteiger partial charge is 0.394 e. The van der Waals surface area contributed by atoms with Gasteiger partial charge in [0.05, 0.1) is 11.9 Å². The van der Waals surface area contributed by atoms with Gasteiger partial charge in [-0.25, -0.2) is 9.97 Å². The SMILES string of the molecule is Nc1cnc(Br)nc1N. The molecular weight excluding hydrogens is 184 g/mol. The van der Waals surface area contributed by atoms with E-state index in [1.807, 2.05) is 0 Å². The molecule has 1 aromatic heterocycles. The summed E-state index contributed by atoms with van der Waals surface area (Å²) in [5, 5.41) is 0. The Hall–Kier alpha value is -0.840. The van der Waals surface area contributed by atoms with Crippen LogP contribution in [-0.4, -0.2) is 9.97 Å². The maximum atomic E-state index is 5.32. The molecule has 0 saturated heterocycles.